The van der Waals surface area contributed by atoms with Crippen LogP contribution in [0.3, 0.4) is 0 Å². The quantitative estimate of drug-likeness (QED) is 0.656. The van der Waals surface area contributed by atoms with Crippen molar-refractivity contribution in [3.8, 4) is 0 Å². The van der Waals surface area contributed by atoms with Crippen LogP contribution in [0.4, 0.5) is 0 Å². The van der Waals surface area contributed by atoms with Crippen LogP contribution in [0, 0.1) is 0 Å². The molecule has 0 aliphatic rings. The van der Waals surface area contributed by atoms with Gasteiger partial charge >= 0.3 is 0 Å². The van der Waals surface area contributed by atoms with E-state index in [0.717, 1.165) is 6.42 Å². The third kappa shape index (κ3) is 4.28. The lowest BCUT2D eigenvalue weighted by atomic mass is 10.00. The van der Waals surface area contributed by atoms with Gasteiger partial charge in [-0.05, 0) is 42.9 Å². The van der Waals surface area contributed by atoms with Crippen molar-refractivity contribution in [1.82, 2.24) is 0 Å². The topological polar surface area (TPSA) is 0 Å². The minimum atomic E-state index is 0.630. The fraction of sp³-hybridized carbons (Fsp3) is 0.538. The molecule has 0 aromatic heterocycles. The summed E-state index contributed by atoms with van der Waals surface area (Å²) in [4.78, 5) is 0.630. The van der Waals surface area contributed by atoms with Gasteiger partial charge in [0.15, 0.2) is 0 Å². The minimum absolute atomic E-state index is 0.630. The highest BCUT2D eigenvalue weighted by Crippen LogP contribution is 2.23. The van der Waals surface area contributed by atoms with Crippen LogP contribution in [0.1, 0.15) is 37.8 Å². The Hall–Kier alpha value is 0.180. The molecule has 0 saturated heterocycles. The molecule has 0 spiro atoms. The van der Waals surface area contributed by atoms with Crippen LogP contribution in [0.2, 0.25) is 0 Å². The van der Waals surface area contributed by atoms with Crippen molar-refractivity contribution in [2.75, 3.05) is 0 Å². The number of aryl methyl sites for hydroxylation is 1. The van der Waals surface area contributed by atoms with Crippen LogP contribution in [0.25, 0.3) is 0 Å². The summed E-state index contributed by atoms with van der Waals surface area (Å²) in [5, 5.41) is 0. The van der Waals surface area contributed by atoms with Crippen LogP contribution < -0.4 is 0 Å². The van der Waals surface area contributed by atoms with Gasteiger partial charge in [-0.1, -0.05) is 57.8 Å². The third-order valence-electron chi connectivity index (χ3n) is 2.63. The van der Waals surface area contributed by atoms with E-state index in [1.54, 1.807) is 0 Å². The summed E-state index contributed by atoms with van der Waals surface area (Å²) in [5.74, 6) is 0. The van der Waals surface area contributed by atoms with E-state index in [-0.39, 0.29) is 0 Å². The van der Waals surface area contributed by atoms with E-state index in [4.69, 9.17) is 0 Å². The first-order valence-corrected chi connectivity index (χ1v) is 7.26. The molecule has 0 aliphatic carbocycles. The summed E-state index contributed by atoms with van der Waals surface area (Å²) in [6.07, 6.45) is 4.80. The van der Waals surface area contributed by atoms with E-state index in [0.29, 0.717) is 4.83 Å². The number of rotatable bonds is 5. The molecule has 0 bridgehead atoms. The summed E-state index contributed by atoms with van der Waals surface area (Å²) < 4.78 is 1.27. The highest BCUT2D eigenvalue weighted by atomic mass is 79.9. The molecule has 84 valence electrons. The summed E-state index contributed by atoms with van der Waals surface area (Å²) in [6, 6.07) is 6.50. The monoisotopic (exact) mass is 332 g/mol. The molecule has 2 heteroatoms. The Morgan fingerprint density at radius 1 is 1.33 bits per heavy atom. The molecule has 0 unspecified atom stereocenters. The van der Waals surface area contributed by atoms with E-state index < -0.39 is 0 Å². The van der Waals surface area contributed by atoms with Crippen molar-refractivity contribution in [3.05, 3.63) is 33.8 Å². The van der Waals surface area contributed by atoms with Crippen molar-refractivity contribution in [3.63, 3.8) is 0 Å². The lowest BCUT2D eigenvalue weighted by Gasteiger charge is -2.10. The van der Waals surface area contributed by atoms with Gasteiger partial charge in [-0.15, -0.1) is 0 Å². The molecule has 0 amide bonds. The molecule has 1 aromatic rings. The maximum atomic E-state index is 3.64. The molecule has 1 aromatic carbocycles. The molecule has 0 heterocycles. The van der Waals surface area contributed by atoms with Crippen LogP contribution in [0.15, 0.2) is 22.7 Å². The summed E-state index contributed by atoms with van der Waals surface area (Å²) in [5.41, 5.74) is 2.97. The van der Waals surface area contributed by atoms with Gasteiger partial charge in [0.2, 0.25) is 0 Å². The molecule has 0 radical (unpaired) electrons. The number of benzene rings is 1. The van der Waals surface area contributed by atoms with Gasteiger partial charge in [-0.3, -0.25) is 0 Å². The van der Waals surface area contributed by atoms with E-state index in [9.17, 15) is 0 Å². The fourth-order valence-corrected chi connectivity index (χ4v) is 2.70. The molecule has 0 fully saturated rings. The fourth-order valence-electron chi connectivity index (χ4n) is 1.77. The molecule has 1 atom stereocenters. The van der Waals surface area contributed by atoms with Crippen LogP contribution >= 0.6 is 31.9 Å². The first kappa shape index (κ1) is 13.2. The minimum Gasteiger partial charge on any atom is -0.0894 e. The number of alkyl halides is 1. The van der Waals surface area contributed by atoms with E-state index in [2.05, 4.69) is 63.9 Å². The molecule has 0 nitrogen and oxygen atoms in total. The van der Waals surface area contributed by atoms with Gasteiger partial charge in [0.1, 0.15) is 0 Å². The lowest BCUT2D eigenvalue weighted by molar-refractivity contribution is 0.730. The Morgan fingerprint density at radius 2 is 2.07 bits per heavy atom. The second-order valence-electron chi connectivity index (χ2n) is 3.90. The van der Waals surface area contributed by atoms with Crippen molar-refractivity contribution in [1.29, 1.82) is 0 Å². The summed E-state index contributed by atoms with van der Waals surface area (Å²) in [6.45, 7) is 4.43. The highest BCUT2D eigenvalue weighted by Gasteiger charge is 2.05. The number of halogens is 2. The van der Waals surface area contributed by atoms with Crippen molar-refractivity contribution >= 4 is 31.9 Å². The first-order valence-electron chi connectivity index (χ1n) is 5.55. The van der Waals surface area contributed by atoms with Gasteiger partial charge in [0.05, 0.1) is 0 Å². The van der Waals surface area contributed by atoms with Crippen LogP contribution in [-0.4, -0.2) is 4.83 Å². The SMILES string of the molecule is CCc1cccc(Br)c1CCC[C@@H](C)Br. The van der Waals surface area contributed by atoms with Gasteiger partial charge < -0.3 is 0 Å². The van der Waals surface area contributed by atoms with Crippen LogP contribution in [-0.2, 0) is 12.8 Å². The molecule has 15 heavy (non-hydrogen) atoms. The van der Waals surface area contributed by atoms with Gasteiger partial charge in [-0.2, -0.15) is 0 Å². The Bertz CT molecular complexity index is 305. The second-order valence-corrected chi connectivity index (χ2v) is 6.32. The predicted octanol–water partition coefficient (Wildman–Crippen LogP) is 5.12. The molecule has 0 aliphatic heterocycles. The zero-order valence-corrected chi connectivity index (χ0v) is 12.6. The van der Waals surface area contributed by atoms with Crippen molar-refractivity contribution < 1.29 is 0 Å². The standard InChI is InChI=1S/C13H18Br2/c1-3-11-7-5-9-13(15)12(11)8-4-6-10(2)14/h5,7,9-10H,3-4,6,8H2,1-2H3/t10-/m1/s1. The Labute approximate surface area is 110 Å². The second kappa shape index (κ2) is 6.70. The van der Waals surface area contributed by atoms with Gasteiger partial charge in [0, 0.05) is 9.30 Å². The largest absolute Gasteiger partial charge is 0.0894 e. The molecule has 0 saturated carbocycles. The molecule has 0 N–H and O–H groups in total. The zero-order valence-electron chi connectivity index (χ0n) is 9.39. The van der Waals surface area contributed by atoms with E-state index in [1.807, 2.05) is 0 Å². The Kier molecular flexibility index (Phi) is 5.91. The summed E-state index contributed by atoms with van der Waals surface area (Å²) in [7, 11) is 0. The lowest BCUT2D eigenvalue weighted by Crippen LogP contribution is -1.97. The summed E-state index contributed by atoms with van der Waals surface area (Å²) >= 11 is 7.23. The Balaban J connectivity index is 2.66. The molecular formula is C13H18Br2. The Morgan fingerprint density at radius 3 is 2.67 bits per heavy atom. The maximum absolute atomic E-state index is 3.64. The molecular weight excluding hydrogens is 316 g/mol. The first-order chi connectivity index (χ1) is 7.15. The number of hydrogen-bond donors (Lipinski definition) is 0. The smallest absolute Gasteiger partial charge is 0.0210 e. The average molecular weight is 334 g/mol. The average Bonchev–Trinajstić information content (AvgIpc) is 2.20. The van der Waals surface area contributed by atoms with Crippen molar-refractivity contribution in [2.24, 2.45) is 0 Å². The van der Waals surface area contributed by atoms with E-state index >= 15 is 0 Å². The zero-order chi connectivity index (χ0) is 11.3. The molecule has 1 rings (SSSR count). The third-order valence-corrected chi connectivity index (χ3v) is 3.83. The van der Waals surface area contributed by atoms with Gasteiger partial charge in [0.25, 0.3) is 0 Å². The normalized spacial score (nSPS) is 12.8. The van der Waals surface area contributed by atoms with Gasteiger partial charge in [-0.25, -0.2) is 0 Å². The predicted molar refractivity (Wildman–Crippen MR) is 74.8 cm³/mol. The van der Waals surface area contributed by atoms with E-state index in [1.165, 1.54) is 34.9 Å². The maximum Gasteiger partial charge on any atom is 0.0210 e. The van der Waals surface area contributed by atoms with Crippen molar-refractivity contribution in [2.45, 2.75) is 44.4 Å². The van der Waals surface area contributed by atoms with Crippen LogP contribution in [0.5, 0.6) is 0 Å². The highest BCUT2D eigenvalue weighted by molar-refractivity contribution is 9.10. The number of hydrogen-bond acceptors (Lipinski definition) is 0.